The molecule has 1 N–H and O–H groups in total. The summed E-state index contributed by atoms with van der Waals surface area (Å²) in [5, 5.41) is 3.96. The SMILES string of the molecule is CNC(=O)[C@@H](C)N(Cc1ccccc1F)C(=O)CN(c1cccc2ccccc12)S(C)(=O)=O. The molecule has 0 spiro atoms. The summed E-state index contributed by atoms with van der Waals surface area (Å²) < 4.78 is 40.8. The van der Waals surface area contributed by atoms with Crippen LogP contribution in [0.25, 0.3) is 10.8 Å². The lowest BCUT2D eigenvalue weighted by molar-refractivity contribution is -0.139. The smallest absolute Gasteiger partial charge is 0.244 e. The molecular weight excluding hydrogens is 445 g/mol. The molecular formula is C24H26FN3O4S. The van der Waals surface area contributed by atoms with E-state index >= 15 is 0 Å². The minimum absolute atomic E-state index is 0.187. The summed E-state index contributed by atoms with van der Waals surface area (Å²) in [4.78, 5) is 26.9. The molecule has 0 saturated carbocycles. The maximum absolute atomic E-state index is 14.3. The van der Waals surface area contributed by atoms with Crippen LogP contribution in [-0.4, -0.2) is 51.0 Å². The van der Waals surface area contributed by atoms with Gasteiger partial charge in [-0.25, -0.2) is 12.8 Å². The number of sulfonamides is 1. The number of nitrogens with one attached hydrogen (secondary N) is 1. The van der Waals surface area contributed by atoms with Crippen molar-refractivity contribution in [2.45, 2.75) is 19.5 Å². The van der Waals surface area contributed by atoms with E-state index in [1.807, 2.05) is 18.2 Å². The van der Waals surface area contributed by atoms with E-state index in [0.29, 0.717) is 11.1 Å². The number of halogens is 1. The first-order valence-corrected chi connectivity index (χ1v) is 12.2. The van der Waals surface area contributed by atoms with E-state index in [-0.39, 0.29) is 12.1 Å². The summed E-state index contributed by atoms with van der Waals surface area (Å²) in [6.07, 6.45) is 1.02. The Morgan fingerprint density at radius 1 is 1.00 bits per heavy atom. The molecule has 7 nitrogen and oxygen atoms in total. The number of anilines is 1. The van der Waals surface area contributed by atoms with Crippen molar-refractivity contribution < 1.29 is 22.4 Å². The molecule has 174 valence electrons. The van der Waals surface area contributed by atoms with Crippen LogP contribution in [0.3, 0.4) is 0 Å². The highest BCUT2D eigenvalue weighted by Crippen LogP contribution is 2.28. The number of hydrogen-bond donors (Lipinski definition) is 1. The fourth-order valence-corrected chi connectivity index (χ4v) is 4.48. The molecule has 0 unspecified atom stereocenters. The lowest BCUT2D eigenvalue weighted by atomic mass is 10.1. The van der Waals surface area contributed by atoms with Crippen LogP contribution in [0.2, 0.25) is 0 Å². The molecule has 1 atom stereocenters. The van der Waals surface area contributed by atoms with E-state index in [2.05, 4.69) is 5.32 Å². The molecule has 3 aromatic carbocycles. The second-order valence-electron chi connectivity index (χ2n) is 7.67. The number of rotatable bonds is 8. The van der Waals surface area contributed by atoms with Gasteiger partial charge in [0.25, 0.3) is 0 Å². The van der Waals surface area contributed by atoms with Gasteiger partial charge in [0.05, 0.1) is 11.9 Å². The van der Waals surface area contributed by atoms with Crippen molar-refractivity contribution >= 4 is 38.3 Å². The highest BCUT2D eigenvalue weighted by atomic mass is 32.2. The molecule has 0 radical (unpaired) electrons. The molecule has 0 aliphatic heterocycles. The van der Waals surface area contributed by atoms with Gasteiger partial charge in [0.1, 0.15) is 18.4 Å². The van der Waals surface area contributed by atoms with Crippen LogP contribution in [0.5, 0.6) is 0 Å². The largest absolute Gasteiger partial charge is 0.357 e. The van der Waals surface area contributed by atoms with E-state index in [0.717, 1.165) is 15.9 Å². The number of benzene rings is 3. The third-order valence-corrected chi connectivity index (χ3v) is 6.55. The zero-order valence-electron chi connectivity index (χ0n) is 18.7. The van der Waals surface area contributed by atoms with E-state index in [4.69, 9.17) is 0 Å². The van der Waals surface area contributed by atoms with E-state index in [1.54, 1.807) is 30.3 Å². The van der Waals surface area contributed by atoms with Crippen molar-refractivity contribution in [1.82, 2.24) is 10.2 Å². The Labute approximate surface area is 192 Å². The zero-order valence-corrected chi connectivity index (χ0v) is 19.5. The molecule has 33 heavy (non-hydrogen) atoms. The summed E-state index contributed by atoms with van der Waals surface area (Å²) in [6, 6.07) is 17.4. The number of carbonyl (C=O) groups excluding carboxylic acids is 2. The third kappa shape index (κ3) is 5.48. The Morgan fingerprint density at radius 3 is 2.30 bits per heavy atom. The second kappa shape index (κ2) is 9.99. The normalized spacial score (nSPS) is 12.2. The van der Waals surface area contributed by atoms with Crippen molar-refractivity contribution in [3.63, 3.8) is 0 Å². The topological polar surface area (TPSA) is 86.8 Å². The molecule has 0 heterocycles. The number of nitrogens with zero attached hydrogens (tertiary/aromatic N) is 2. The van der Waals surface area contributed by atoms with Gasteiger partial charge < -0.3 is 10.2 Å². The van der Waals surface area contributed by atoms with Gasteiger partial charge in [0, 0.05) is 24.5 Å². The number of carbonyl (C=O) groups is 2. The minimum atomic E-state index is -3.86. The van der Waals surface area contributed by atoms with Gasteiger partial charge in [-0.1, -0.05) is 54.6 Å². The second-order valence-corrected chi connectivity index (χ2v) is 9.58. The van der Waals surface area contributed by atoms with E-state index < -0.39 is 40.2 Å². The molecule has 0 aliphatic carbocycles. The Bertz CT molecular complexity index is 1270. The van der Waals surface area contributed by atoms with Gasteiger partial charge >= 0.3 is 0 Å². The van der Waals surface area contributed by atoms with Gasteiger partial charge in [0.15, 0.2) is 0 Å². The van der Waals surface area contributed by atoms with Crippen LogP contribution < -0.4 is 9.62 Å². The summed E-state index contributed by atoms with van der Waals surface area (Å²) in [7, 11) is -2.43. The van der Waals surface area contributed by atoms with Crippen molar-refractivity contribution in [3.05, 3.63) is 78.1 Å². The maximum atomic E-state index is 14.3. The van der Waals surface area contributed by atoms with E-state index in [9.17, 15) is 22.4 Å². The molecule has 3 rings (SSSR count). The highest BCUT2D eigenvalue weighted by molar-refractivity contribution is 7.92. The Kier molecular flexibility index (Phi) is 7.33. The quantitative estimate of drug-likeness (QED) is 0.547. The molecule has 3 aromatic rings. The monoisotopic (exact) mass is 471 g/mol. The molecule has 2 amide bonds. The predicted octanol–water partition coefficient (Wildman–Crippen LogP) is 2.91. The summed E-state index contributed by atoms with van der Waals surface area (Å²) in [6.45, 7) is 0.788. The highest BCUT2D eigenvalue weighted by Gasteiger charge is 2.30. The standard InChI is InChI=1S/C24H26FN3O4S/c1-17(24(30)26-2)27(15-19-10-5-7-13-21(19)25)23(29)16-28(33(3,31)32)22-14-8-11-18-9-4-6-12-20(18)22/h4-14,17H,15-16H2,1-3H3,(H,26,30)/t17-/m1/s1. The molecule has 9 heteroatoms. The van der Waals surface area contributed by atoms with Crippen molar-refractivity contribution in [2.24, 2.45) is 0 Å². The number of hydrogen-bond acceptors (Lipinski definition) is 4. The summed E-state index contributed by atoms with van der Waals surface area (Å²) >= 11 is 0. The van der Waals surface area contributed by atoms with Crippen LogP contribution in [0.1, 0.15) is 12.5 Å². The van der Waals surface area contributed by atoms with Crippen LogP contribution in [0.4, 0.5) is 10.1 Å². The van der Waals surface area contributed by atoms with Gasteiger partial charge in [-0.05, 0) is 24.4 Å². The molecule has 0 bridgehead atoms. The van der Waals surface area contributed by atoms with Crippen molar-refractivity contribution in [2.75, 3.05) is 24.2 Å². The summed E-state index contributed by atoms with van der Waals surface area (Å²) in [5.41, 5.74) is 0.569. The first kappa shape index (κ1) is 24.2. The van der Waals surface area contributed by atoms with Crippen LogP contribution in [0, 0.1) is 5.82 Å². The first-order chi connectivity index (χ1) is 15.6. The number of amides is 2. The van der Waals surface area contributed by atoms with Crippen LogP contribution in [0.15, 0.2) is 66.7 Å². The molecule has 0 saturated heterocycles. The van der Waals surface area contributed by atoms with Crippen LogP contribution >= 0.6 is 0 Å². The average Bonchev–Trinajstić information content (AvgIpc) is 2.80. The van der Waals surface area contributed by atoms with Crippen molar-refractivity contribution in [1.29, 1.82) is 0 Å². The predicted molar refractivity (Wildman–Crippen MR) is 127 cm³/mol. The Hall–Kier alpha value is -3.46. The van der Waals surface area contributed by atoms with Gasteiger partial charge in [0.2, 0.25) is 21.8 Å². The molecule has 0 aliphatic rings. The Morgan fingerprint density at radius 2 is 1.64 bits per heavy atom. The number of fused-ring (bicyclic) bond motifs is 1. The van der Waals surface area contributed by atoms with Crippen molar-refractivity contribution in [3.8, 4) is 0 Å². The fraction of sp³-hybridized carbons (Fsp3) is 0.250. The van der Waals surface area contributed by atoms with Crippen LogP contribution in [-0.2, 0) is 26.2 Å². The average molecular weight is 472 g/mol. The lowest BCUT2D eigenvalue weighted by Gasteiger charge is -2.31. The van der Waals surface area contributed by atoms with Gasteiger partial charge in [-0.2, -0.15) is 0 Å². The van der Waals surface area contributed by atoms with E-state index in [1.165, 1.54) is 37.1 Å². The summed E-state index contributed by atoms with van der Waals surface area (Å²) in [5.74, 6) is -1.60. The lowest BCUT2D eigenvalue weighted by Crippen LogP contribution is -2.50. The number of likely N-dealkylation sites (N-methyl/N-ethyl adjacent to an activating group) is 1. The zero-order chi connectivity index (χ0) is 24.2. The minimum Gasteiger partial charge on any atom is -0.357 e. The Balaban J connectivity index is 2.01. The molecule has 0 fully saturated rings. The molecule has 0 aromatic heterocycles. The first-order valence-electron chi connectivity index (χ1n) is 10.3. The third-order valence-electron chi connectivity index (χ3n) is 5.43. The van der Waals surface area contributed by atoms with Gasteiger partial charge in [-0.3, -0.25) is 13.9 Å². The maximum Gasteiger partial charge on any atom is 0.244 e. The van der Waals surface area contributed by atoms with Gasteiger partial charge in [-0.15, -0.1) is 0 Å². The fourth-order valence-electron chi connectivity index (χ4n) is 3.62.